The fourth-order valence-electron chi connectivity index (χ4n) is 2.44. The molecule has 2 nitrogen and oxygen atoms in total. The predicted molar refractivity (Wildman–Crippen MR) is 88.2 cm³/mol. The van der Waals surface area contributed by atoms with Crippen LogP contribution in [0.15, 0.2) is 67.3 Å². The van der Waals surface area contributed by atoms with Crippen molar-refractivity contribution in [1.29, 1.82) is 5.26 Å². The molecule has 3 heteroatoms. The second-order valence-corrected chi connectivity index (χ2v) is 5.43. The van der Waals surface area contributed by atoms with Crippen LogP contribution in [-0.2, 0) is 5.60 Å². The monoisotopic (exact) mass is 341 g/mol. The summed E-state index contributed by atoms with van der Waals surface area (Å²) in [6.45, 7) is 3.88. The first-order chi connectivity index (χ1) is 10.2. The normalized spacial score (nSPS) is 14.7. The summed E-state index contributed by atoms with van der Waals surface area (Å²) >= 11 is 3.42. The van der Waals surface area contributed by atoms with Crippen molar-refractivity contribution in [2.45, 2.75) is 11.5 Å². The van der Waals surface area contributed by atoms with Gasteiger partial charge in [0.15, 0.2) is 0 Å². The van der Waals surface area contributed by atoms with Crippen LogP contribution >= 0.6 is 15.9 Å². The summed E-state index contributed by atoms with van der Waals surface area (Å²) in [7, 11) is 0. The van der Waals surface area contributed by atoms with Crippen LogP contribution in [-0.4, -0.2) is 10.4 Å². The fourth-order valence-corrected chi connectivity index (χ4v) is 3.11. The average molecular weight is 342 g/mol. The molecule has 0 bridgehead atoms. The smallest absolute Gasteiger partial charge is 0.109 e. The summed E-state index contributed by atoms with van der Waals surface area (Å²) in [5, 5.41) is 20.4. The van der Waals surface area contributed by atoms with Gasteiger partial charge in [0.2, 0.25) is 0 Å². The number of alkyl halides is 1. The quantitative estimate of drug-likeness (QED) is 0.656. The van der Waals surface area contributed by atoms with Crippen molar-refractivity contribution in [2.24, 2.45) is 0 Å². The molecule has 0 heterocycles. The van der Waals surface area contributed by atoms with E-state index in [1.54, 1.807) is 30.3 Å². The molecule has 0 saturated carbocycles. The molecule has 0 aliphatic carbocycles. The maximum Gasteiger partial charge on any atom is 0.109 e. The zero-order valence-corrected chi connectivity index (χ0v) is 13.1. The second kappa shape index (κ2) is 6.71. The number of hydrogen-bond acceptors (Lipinski definition) is 2. The van der Waals surface area contributed by atoms with Crippen LogP contribution in [0.25, 0.3) is 0 Å². The van der Waals surface area contributed by atoms with Gasteiger partial charge in [-0.15, -0.1) is 6.58 Å². The van der Waals surface area contributed by atoms with Gasteiger partial charge in [-0.2, -0.15) is 5.26 Å². The molecular weight excluding hydrogens is 326 g/mol. The van der Waals surface area contributed by atoms with E-state index in [0.29, 0.717) is 10.9 Å². The van der Waals surface area contributed by atoms with Crippen molar-refractivity contribution in [3.05, 3.63) is 83.9 Å². The van der Waals surface area contributed by atoms with Crippen molar-refractivity contribution >= 4 is 15.9 Å². The third-order valence-electron chi connectivity index (χ3n) is 3.63. The van der Waals surface area contributed by atoms with Crippen LogP contribution < -0.4 is 0 Å². The lowest BCUT2D eigenvalue weighted by molar-refractivity contribution is 0.0483. The number of hydrogen-bond donors (Lipinski definition) is 1. The highest BCUT2D eigenvalue weighted by Gasteiger charge is 2.36. The van der Waals surface area contributed by atoms with E-state index in [1.165, 1.54) is 0 Å². The Morgan fingerprint density at radius 2 is 1.81 bits per heavy atom. The Bertz CT molecular complexity index is 645. The minimum Gasteiger partial charge on any atom is -0.383 e. The highest BCUT2D eigenvalue weighted by Crippen LogP contribution is 2.39. The average Bonchev–Trinajstić information content (AvgIpc) is 2.56. The molecule has 2 rings (SSSR count). The van der Waals surface area contributed by atoms with Gasteiger partial charge in [0.1, 0.15) is 5.60 Å². The molecule has 0 saturated heterocycles. The maximum absolute atomic E-state index is 11.2. The van der Waals surface area contributed by atoms with E-state index in [4.69, 9.17) is 5.26 Å². The lowest BCUT2D eigenvalue weighted by Gasteiger charge is -2.34. The van der Waals surface area contributed by atoms with Gasteiger partial charge in [0.05, 0.1) is 11.6 Å². The van der Waals surface area contributed by atoms with E-state index in [-0.39, 0.29) is 5.92 Å². The molecule has 1 N–H and O–H groups in total. The number of nitriles is 1. The van der Waals surface area contributed by atoms with Crippen molar-refractivity contribution < 1.29 is 5.11 Å². The molecule has 106 valence electrons. The summed E-state index contributed by atoms with van der Waals surface area (Å²) in [4.78, 5) is 0. The minimum atomic E-state index is -1.11. The first-order valence-electron chi connectivity index (χ1n) is 6.62. The van der Waals surface area contributed by atoms with E-state index in [2.05, 4.69) is 28.6 Å². The predicted octanol–water partition coefficient (Wildman–Crippen LogP) is 4.11. The number of benzene rings is 2. The molecule has 0 aromatic heterocycles. The molecular formula is C18H16BrNO. The number of rotatable bonds is 5. The Hall–Kier alpha value is -1.89. The van der Waals surface area contributed by atoms with Crippen molar-refractivity contribution in [2.75, 3.05) is 5.33 Å². The first-order valence-corrected chi connectivity index (χ1v) is 7.74. The van der Waals surface area contributed by atoms with Gasteiger partial charge in [0.25, 0.3) is 0 Å². The van der Waals surface area contributed by atoms with Crippen LogP contribution in [0.3, 0.4) is 0 Å². The second-order valence-electron chi connectivity index (χ2n) is 4.87. The van der Waals surface area contributed by atoms with E-state index in [9.17, 15) is 5.11 Å². The molecule has 21 heavy (non-hydrogen) atoms. The number of halogens is 1. The Balaban J connectivity index is 2.47. The van der Waals surface area contributed by atoms with Crippen LogP contribution in [0, 0.1) is 11.3 Å². The number of aliphatic hydroxyl groups is 1. The van der Waals surface area contributed by atoms with E-state index in [0.717, 1.165) is 11.1 Å². The van der Waals surface area contributed by atoms with Crippen molar-refractivity contribution in [3.8, 4) is 6.07 Å². The summed E-state index contributed by atoms with van der Waals surface area (Å²) < 4.78 is 0. The molecule has 2 aromatic rings. The minimum absolute atomic E-state index is 0.244. The molecule has 2 aromatic carbocycles. The summed E-state index contributed by atoms with van der Waals surface area (Å²) in [6.07, 6.45) is 1.76. The zero-order valence-electron chi connectivity index (χ0n) is 11.5. The molecule has 0 aliphatic rings. The van der Waals surface area contributed by atoms with E-state index < -0.39 is 5.60 Å². The Morgan fingerprint density at radius 3 is 2.29 bits per heavy atom. The molecule has 2 atom stereocenters. The summed E-state index contributed by atoms with van der Waals surface area (Å²) in [6, 6.07) is 18.9. The highest BCUT2D eigenvalue weighted by molar-refractivity contribution is 9.09. The van der Waals surface area contributed by atoms with Crippen molar-refractivity contribution in [1.82, 2.24) is 0 Å². The van der Waals surface area contributed by atoms with Crippen LogP contribution in [0.4, 0.5) is 0 Å². The van der Waals surface area contributed by atoms with Gasteiger partial charge in [0, 0.05) is 11.2 Å². The van der Waals surface area contributed by atoms with Gasteiger partial charge in [-0.3, -0.25) is 0 Å². The highest BCUT2D eigenvalue weighted by atomic mass is 79.9. The Morgan fingerprint density at radius 1 is 1.19 bits per heavy atom. The molecule has 0 amide bonds. The SMILES string of the molecule is C=C[C@@H](c1ccccc1)[C@](O)(CBr)c1ccc(C#N)cc1. The lowest BCUT2D eigenvalue weighted by Crippen LogP contribution is -2.34. The molecule has 0 spiro atoms. The molecule has 0 radical (unpaired) electrons. The lowest BCUT2D eigenvalue weighted by atomic mass is 9.78. The van der Waals surface area contributed by atoms with Gasteiger partial charge in [-0.25, -0.2) is 0 Å². The van der Waals surface area contributed by atoms with E-state index in [1.807, 2.05) is 30.3 Å². The van der Waals surface area contributed by atoms with Crippen LogP contribution in [0.2, 0.25) is 0 Å². The molecule has 0 fully saturated rings. The molecule has 0 unspecified atom stereocenters. The topological polar surface area (TPSA) is 44.0 Å². The van der Waals surface area contributed by atoms with Gasteiger partial charge < -0.3 is 5.11 Å². The number of nitrogens with zero attached hydrogens (tertiary/aromatic N) is 1. The van der Waals surface area contributed by atoms with Crippen LogP contribution in [0.5, 0.6) is 0 Å². The van der Waals surface area contributed by atoms with E-state index >= 15 is 0 Å². The zero-order chi connectivity index (χ0) is 15.3. The third-order valence-corrected chi connectivity index (χ3v) is 4.48. The third kappa shape index (κ3) is 3.07. The Labute approximate surface area is 133 Å². The first kappa shape index (κ1) is 15.5. The maximum atomic E-state index is 11.2. The summed E-state index contributed by atoms with van der Waals surface area (Å²) in [5.74, 6) is -0.244. The van der Waals surface area contributed by atoms with Crippen molar-refractivity contribution in [3.63, 3.8) is 0 Å². The molecule has 0 aliphatic heterocycles. The van der Waals surface area contributed by atoms with Gasteiger partial charge >= 0.3 is 0 Å². The standard InChI is InChI=1S/C18H16BrNO/c1-2-17(15-6-4-3-5-7-15)18(21,13-19)16-10-8-14(12-20)9-11-16/h2-11,17,21H,1,13H2/t17-,18-/m0/s1. The summed E-state index contributed by atoms with van der Waals surface area (Å²) in [5.41, 5.74) is 1.22. The van der Waals surface area contributed by atoms with Gasteiger partial charge in [-0.05, 0) is 23.3 Å². The van der Waals surface area contributed by atoms with Crippen LogP contribution in [0.1, 0.15) is 22.6 Å². The largest absolute Gasteiger partial charge is 0.383 e. The fraction of sp³-hybridized carbons (Fsp3) is 0.167. The van der Waals surface area contributed by atoms with Gasteiger partial charge in [-0.1, -0.05) is 64.5 Å². The Kier molecular flexibility index (Phi) is 4.95.